The minimum Gasteiger partial charge on any atom is -0.296 e. The van der Waals surface area contributed by atoms with Crippen molar-refractivity contribution in [3.8, 4) is 0 Å². The van der Waals surface area contributed by atoms with Gasteiger partial charge in [-0.1, -0.05) is 44.2 Å². The molecule has 0 atom stereocenters. The van der Waals surface area contributed by atoms with Gasteiger partial charge in [-0.2, -0.15) is 5.10 Å². The number of thiazole rings is 1. The molecule has 1 N–H and O–H groups in total. The Morgan fingerprint density at radius 3 is 2.50 bits per heavy atom. The molecule has 4 aromatic rings. The Kier molecular flexibility index (Phi) is 6.14. The highest BCUT2D eigenvalue weighted by atomic mass is 32.1. The van der Waals surface area contributed by atoms with Gasteiger partial charge in [0, 0.05) is 23.2 Å². The van der Waals surface area contributed by atoms with Gasteiger partial charge in [0.15, 0.2) is 10.8 Å². The number of anilines is 1. The Hall–Kier alpha value is -3.39. The molecule has 8 heteroatoms. The summed E-state index contributed by atoms with van der Waals surface area (Å²) < 4.78 is 14.5. The summed E-state index contributed by atoms with van der Waals surface area (Å²) in [4.78, 5) is 31.4. The zero-order valence-corrected chi connectivity index (χ0v) is 18.9. The van der Waals surface area contributed by atoms with Crippen LogP contribution in [0, 0.1) is 18.7 Å². The van der Waals surface area contributed by atoms with Crippen LogP contribution in [0.4, 0.5) is 9.52 Å². The van der Waals surface area contributed by atoms with Gasteiger partial charge in [0.1, 0.15) is 5.82 Å². The van der Waals surface area contributed by atoms with Gasteiger partial charge < -0.3 is 0 Å². The number of hydrogen-bond donors (Lipinski definition) is 1. The number of nitrogens with one attached hydrogen (secondary N) is 1. The van der Waals surface area contributed by atoms with E-state index in [0.29, 0.717) is 28.9 Å². The van der Waals surface area contributed by atoms with Crippen LogP contribution in [0.15, 0.2) is 53.3 Å². The maximum Gasteiger partial charge on any atom is 0.278 e. The first-order valence-corrected chi connectivity index (χ1v) is 11.2. The predicted octanol–water partition coefficient (Wildman–Crippen LogP) is 4.80. The molecule has 164 valence electrons. The van der Waals surface area contributed by atoms with Gasteiger partial charge in [0.2, 0.25) is 0 Å². The molecule has 0 unspecified atom stereocenters. The summed E-state index contributed by atoms with van der Waals surface area (Å²) in [6.07, 6.45) is 0.597. The molecule has 0 fully saturated rings. The van der Waals surface area contributed by atoms with Crippen molar-refractivity contribution in [2.75, 3.05) is 5.32 Å². The fraction of sp³-hybridized carbons (Fsp3) is 0.250. The lowest BCUT2D eigenvalue weighted by atomic mass is 10.1. The molecule has 0 aliphatic heterocycles. The number of rotatable bonds is 6. The molecular formula is C24H23FN4O2S. The Balaban J connectivity index is 1.64. The molecule has 0 saturated heterocycles. The van der Waals surface area contributed by atoms with Crippen molar-refractivity contribution >= 4 is 33.1 Å². The number of halogens is 1. The van der Waals surface area contributed by atoms with Crippen LogP contribution in [0.1, 0.15) is 40.5 Å². The fourth-order valence-electron chi connectivity index (χ4n) is 3.46. The van der Waals surface area contributed by atoms with Crippen molar-refractivity contribution in [2.24, 2.45) is 5.92 Å². The summed E-state index contributed by atoms with van der Waals surface area (Å²) in [5.41, 5.74) is 1.74. The predicted molar refractivity (Wildman–Crippen MR) is 125 cm³/mol. The van der Waals surface area contributed by atoms with Crippen LogP contribution < -0.4 is 10.9 Å². The number of amides is 1. The van der Waals surface area contributed by atoms with E-state index in [2.05, 4.69) is 15.4 Å². The van der Waals surface area contributed by atoms with Gasteiger partial charge >= 0.3 is 0 Å². The van der Waals surface area contributed by atoms with Crippen LogP contribution in [0.5, 0.6) is 0 Å². The number of fused-ring (bicyclic) bond motifs is 1. The van der Waals surface area contributed by atoms with E-state index in [4.69, 9.17) is 0 Å². The second-order valence-corrected chi connectivity index (χ2v) is 9.14. The molecule has 1 amide bonds. The van der Waals surface area contributed by atoms with Gasteiger partial charge in [-0.3, -0.25) is 14.9 Å². The smallest absolute Gasteiger partial charge is 0.278 e. The molecule has 2 heterocycles. The third-order valence-corrected chi connectivity index (χ3v) is 6.08. The molecule has 32 heavy (non-hydrogen) atoms. The van der Waals surface area contributed by atoms with Crippen molar-refractivity contribution in [1.29, 1.82) is 0 Å². The van der Waals surface area contributed by atoms with E-state index in [1.165, 1.54) is 28.2 Å². The van der Waals surface area contributed by atoms with Crippen LogP contribution in [0.2, 0.25) is 0 Å². The molecule has 2 aromatic heterocycles. The van der Waals surface area contributed by atoms with Crippen molar-refractivity contribution in [3.05, 3.63) is 86.5 Å². The van der Waals surface area contributed by atoms with Crippen LogP contribution >= 0.6 is 11.3 Å². The molecule has 2 aromatic carbocycles. The Morgan fingerprint density at radius 2 is 1.81 bits per heavy atom. The van der Waals surface area contributed by atoms with Crippen molar-refractivity contribution < 1.29 is 9.18 Å². The van der Waals surface area contributed by atoms with E-state index in [1.54, 1.807) is 36.4 Å². The van der Waals surface area contributed by atoms with E-state index in [0.717, 1.165) is 16.1 Å². The first-order chi connectivity index (χ1) is 15.3. The lowest BCUT2D eigenvalue weighted by molar-refractivity contribution is 0.102. The number of nitrogens with zero attached hydrogens (tertiary/aromatic N) is 3. The maximum atomic E-state index is 13.2. The highest BCUT2D eigenvalue weighted by Crippen LogP contribution is 2.26. The molecule has 0 saturated carbocycles. The van der Waals surface area contributed by atoms with Gasteiger partial charge in [0.25, 0.3) is 11.5 Å². The molecule has 4 rings (SSSR count). The topological polar surface area (TPSA) is 76.9 Å². The highest BCUT2D eigenvalue weighted by molar-refractivity contribution is 7.15. The number of carbonyl (C=O) groups excluding carboxylic acids is 1. The number of aromatic nitrogens is 3. The first kappa shape index (κ1) is 21.8. The zero-order chi connectivity index (χ0) is 22.8. The minimum absolute atomic E-state index is 0.189. The average Bonchev–Trinajstić information content (AvgIpc) is 3.10. The Labute approximate surface area is 188 Å². The standard InChI is InChI=1S/C24H23FN4O2S/c1-14(2)13-29-23(31)19-7-5-4-6-18(19)21(28-29)22(30)27-24-26-15(3)20(32-24)12-16-8-10-17(25)11-9-16/h4-11,14H,12-13H2,1-3H3,(H,26,27,30). The lowest BCUT2D eigenvalue weighted by Gasteiger charge is -2.12. The Bertz CT molecular complexity index is 1340. The number of benzene rings is 2. The average molecular weight is 451 g/mol. The molecule has 0 spiro atoms. The van der Waals surface area contributed by atoms with Crippen molar-refractivity contribution in [2.45, 2.75) is 33.7 Å². The summed E-state index contributed by atoms with van der Waals surface area (Å²) in [6.45, 7) is 6.28. The number of hydrogen-bond acceptors (Lipinski definition) is 5. The van der Waals surface area contributed by atoms with Gasteiger partial charge in [-0.15, -0.1) is 11.3 Å². The summed E-state index contributed by atoms with van der Waals surface area (Å²) >= 11 is 1.37. The van der Waals surface area contributed by atoms with Gasteiger partial charge in [-0.05, 0) is 36.6 Å². The molecule has 0 aliphatic rings. The van der Waals surface area contributed by atoms with Gasteiger partial charge in [0.05, 0.1) is 11.1 Å². The van der Waals surface area contributed by atoms with E-state index in [9.17, 15) is 14.0 Å². The van der Waals surface area contributed by atoms with Crippen molar-refractivity contribution in [1.82, 2.24) is 14.8 Å². The normalized spacial score (nSPS) is 11.3. The maximum absolute atomic E-state index is 13.2. The monoisotopic (exact) mass is 450 g/mol. The molecule has 0 aliphatic carbocycles. The summed E-state index contributed by atoms with van der Waals surface area (Å²) in [7, 11) is 0. The number of aryl methyl sites for hydroxylation is 1. The van der Waals surface area contributed by atoms with Crippen LogP contribution in [-0.4, -0.2) is 20.7 Å². The molecule has 0 bridgehead atoms. The fourth-order valence-corrected chi connectivity index (χ4v) is 4.45. The second kappa shape index (κ2) is 9.00. The van der Waals surface area contributed by atoms with E-state index in [1.807, 2.05) is 20.8 Å². The molecule has 0 radical (unpaired) electrons. The quantitative estimate of drug-likeness (QED) is 0.458. The van der Waals surface area contributed by atoms with Gasteiger partial charge in [-0.25, -0.2) is 14.1 Å². The summed E-state index contributed by atoms with van der Waals surface area (Å²) in [6, 6.07) is 13.3. The van der Waals surface area contributed by atoms with Crippen LogP contribution in [0.3, 0.4) is 0 Å². The lowest BCUT2D eigenvalue weighted by Crippen LogP contribution is -2.29. The van der Waals surface area contributed by atoms with Crippen LogP contribution in [-0.2, 0) is 13.0 Å². The highest BCUT2D eigenvalue weighted by Gasteiger charge is 2.19. The molecule has 6 nitrogen and oxygen atoms in total. The third-order valence-electron chi connectivity index (χ3n) is 5.01. The van der Waals surface area contributed by atoms with E-state index >= 15 is 0 Å². The molecular weight excluding hydrogens is 427 g/mol. The first-order valence-electron chi connectivity index (χ1n) is 10.3. The largest absolute Gasteiger partial charge is 0.296 e. The SMILES string of the molecule is Cc1nc(NC(=O)c2nn(CC(C)C)c(=O)c3ccccc23)sc1Cc1ccc(F)cc1. The minimum atomic E-state index is -0.416. The van der Waals surface area contributed by atoms with Crippen molar-refractivity contribution in [3.63, 3.8) is 0 Å². The van der Waals surface area contributed by atoms with E-state index < -0.39 is 5.91 Å². The van der Waals surface area contributed by atoms with Crippen LogP contribution in [0.25, 0.3) is 10.8 Å². The van der Waals surface area contributed by atoms with E-state index in [-0.39, 0.29) is 23.0 Å². The summed E-state index contributed by atoms with van der Waals surface area (Å²) in [5.74, 6) is -0.491. The Morgan fingerprint density at radius 1 is 1.12 bits per heavy atom. The zero-order valence-electron chi connectivity index (χ0n) is 18.1. The second-order valence-electron chi connectivity index (χ2n) is 8.06. The third kappa shape index (κ3) is 4.60. The number of carbonyl (C=O) groups is 1. The summed E-state index contributed by atoms with van der Waals surface area (Å²) in [5, 5.41) is 8.64.